The van der Waals surface area contributed by atoms with E-state index in [4.69, 9.17) is 4.74 Å². The monoisotopic (exact) mass is 406 g/mol. The van der Waals surface area contributed by atoms with Crippen molar-refractivity contribution in [3.05, 3.63) is 88.4 Å². The van der Waals surface area contributed by atoms with Crippen LogP contribution in [0.25, 0.3) is 6.08 Å². The standard InChI is InChI=1S/C26H30O4/c1-18(2)13-15-26(16-14-19(3)4)23(28)17-22(30-5)24(25(26)29)21(27)12-11-20-9-7-6-8-10-20/h6-14,17,27H,15-16H2,1-5H3/b12-11+,24-21?. The predicted molar refractivity (Wildman–Crippen MR) is 121 cm³/mol. The van der Waals surface area contributed by atoms with Gasteiger partial charge >= 0.3 is 0 Å². The molecule has 1 aliphatic carbocycles. The first kappa shape index (κ1) is 23.1. The topological polar surface area (TPSA) is 63.6 Å². The highest BCUT2D eigenvalue weighted by molar-refractivity contribution is 6.23. The maximum absolute atomic E-state index is 13.7. The Kier molecular flexibility index (Phi) is 7.76. The molecule has 0 amide bonds. The van der Waals surface area contributed by atoms with Gasteiger partial charge in [0.1, 0.15) is 22.5 Å². The van der Waals surface area contributed by atoms with E-state index < -0.39 is 11.2 Å². The summed E-state index contributed by atoms with van der Waals surface area (Å²) in [6.07, 6.45) is 8.85. The van der Waals surface area contributed by atoms with Crippen molar-refractivity contribution >= 4 is 17.6 Å². The van der Waals surface area contributed by atoms with Gasteiger partial charge in [0.15, 0.2) is 11.6 Å². The van der Waals surface area contributed by atoms with Gasteiger partial charge in [-0.1, -0.05) is 59.7 Å². The predicted octanol–water partition coefficient (Wildman–Crippen LogP) is 5.89. The van der Waals surface area contributed by atoms with Gasteiger partial charge in [0.2, 0.25) is 0 Å². The third-order valence-electron chi connectivity index (χ3n) is 5.07. The Morgan fingerprint density at radius 2 is 1.57 bits per heavy atom. The first-order valence-electron chi connectivity index (χ1n) is 9.99. The summed E-state index contributed by atoms with van der Waals surface area (Å²) in [6, 6.07) is 9.46. The summed E-state index contributed by atoms with van der Waals surface area (Å²) in [4.78, 5) is 26.8. The minimum atomic E-state index is -1.29. The van der Waals surface area contributed by atoms with Gasteiger partial charge in [0, 0.05) is 6.08 Å². The molecule has 30 heavy (non-hydrogen) atoms. The lowest BCUT2D eigenvalue weighted by Gasteiger charge is -2.33. The van der Waals surface area contributed by atoms with Crippen molar-refractivity contribution in [3.63, 3.8) is 0 Å². The average molecular weight is 407 g/mol. The number of carbonyl (C=O) groups is 2. The van der Waals surface area contributed by atoms with Crippen LogP contribution in [0.2, 0.25) is 0 Å². The number of aliphatic hydroxyl groups excluding tert-OH is 1. The Morgan fingerprint density at radius 1 is 1.00 bits per heavy atom. The zero-order chi connectivity index (χ0) is 22.3. The molecule has 1 aliphatic rings. The molecule has 1 aromatic rings. The second-order valence-electron chi connectivity index (χ2n) is 7.96. The van der Waals surface area contributed by atoms with Crippen LogP contribution in [0.1, 0.15) is 46.1 Å². The number of Topliss-reactive ketones (excluding diaryl/α,β-unsaturated/α-hetero) is 1. The van der Waals surface area contributed by atoms with Crippen LogP contribution < -0.4 is 0 Å². The molecule has 0 radical (unpaired) electrons. The van der Waals surface area contributed by atoms with Crippen molar-refractivity contribution in [3.8, 4) is 0 Å². The number of ether oxygens (including phenoxy) is 1. The number of ketones is 2. The Labute approximate surface area is 179 Å². The number of aliphatic hydroxyl groups is 1. The van der Waals surface area contributed by atoms with Crippen molar-refractivity contribution in [1.82, 2.24) is 0 Å². The van der Waals surface area contributed by atoms with Crippen LogP contribution >= 0.6 is 0 Å². The van der Waals surface area contributed by atoms with Crippen LogP contribution in [0, 0.1) is 5.41 Å². The molecule has 0 fully saturated rings. The summed E-state index contributed by atoms with van der Waals surface area (Å²) >= 11 is 0. The number of allylic oxidation sites excluding steroid dienone is 7. The maximum atomic E-state index is 13.7. The zero-order valence-corrected chi connectivity index (χ0v) is 18.4. The van der Waals surface area contributed by atoms with E-state index in [1.807, 2.05) is 70.2 Å². The number of hydrogen-bond donors (Lipinski definition) is 1. The quantitative estimate of drug-likeness (QED) is 0.265. The molecule has 2 rings (SSSR count). The fourth-order valence-corrected chi connectivity index (χ4v) is 3.25. The van der Waals surface area contributed by atoms with Crippen LogP contribution in [0.5, 0.6) is 0 Å². The van der Waals surface area contributed by atoms with E-state index in [-0.39, 0.29) is 35.7 Å². The van der Waals surface area contributed by atoms with Gasteiger partial charge in [-0.05, 0) is 52.2 Å². The minimum absolute atomic E-state index is 0.0357. The lowest BCUT2D eigenvalue weighted by molar-refractivity contribution is -0.136. The summed E-state index contributed by atoms with van der Waals surface area (Å²) in [7, 11) is 1.39. The van der Waals surface area contributed by atoms with Gasteiger partial charge in [0.25, 0.3) is 0 Å². The minimum Gasteiger partial charge on any atom is -0.507 e. The summed E-state index contributed by atoms with van der Waals surface area (Å²) in [6.45, 7) is 7.72. The Morgan fingerprint density at radius 3 is 2.07 bits per heavy atom. The maximum Gasteiger partial charge on any atom is 0.184 e. The fourth-order valence-electron chi connectivity index (χ4n) is 3.25. The van der Waals surface area contributed by atoms with Crippen LogP contribution in [-0.4, -0.2) is 23.8 Å². The summed E-state index contributed by atoms with van der Waals surface area (Å²) < 4.78 is 5.30. The second-order valence-corrected chi connectivity index (χ2v) is 7.96. The molecule has 158 valence electrons. The van der Waals surface area contributed by atoms with Crippen LogP contribution in [0.15, 0.2) is 82.9 Å². The highest BCUT2D eigenvalue weighted by Crippen LogP contribution is 2.41. The summed E-state index contributed by atoms with van der Waals surface area (Å²) in [5.74, 6) is -0.853. The molecule has 0 bridgehead atoms. The van der Waals surface area contributed by atoms with E-state index >= 15 is 0 Å². The molecule has 0 unspecified atom stereocenters. The van der Waals surface area contributed by atoms with E-state index in [1.165, 1.54) is 19.3 Å². The first-order valence-corrected chi connectivity index (χ1v) is 9.99. The molecule has 1 aromatic carbocycles. The number of hydrogen-bond acceptors (Lipinski definition) is 4. The van der Waals surface area contributed by atoms with Crippen molar-refractivity contribution < 1.29 is 19.4 Å². The number of benzene rings is 1. The van der Waals surface area contributed by atoms with Gasteiger partial charge in [-0.2, -0.15) is 0 Å². The highest BCUT2D eigenvalue weighted by Gasteiger charge is 2.49. The van der Waals surface area contributed by atoms with Crippen molar-refractivity contribution in [2.24, 2.45) is 5.41 Å². The SMILES string of the molecule is COC1=CC(=O)C(CC=C(C)C)(CC=C(C)C)C(=O)C1=C(O)/C=C/c1ccccc1. The van der Waals surface area contributed by atoms with Gasteiger partial charge < -0.3 is 9.84 Å². The van der Waals surface area contributed by atoms with Gasteiger partial charge in [-0.3, -0.25) is 9.59 Å². The molecule has 4 heteroatoms. The lowest BCUT2D eigenvalue weighted by atomic mass is 9.67. The summed E-state index contributed by atoms with van der Waals surface area (Å²) in [5.41, 5.74) is 1.67. The Bertz CT molecular complexity index is 928. The molecule has 0 saturated carbocycles. The highest BCUT2D eigenvalue weighted by atomic mass is 16.5. The first-order chi connectivity index (χ1) is 14.2. The van der Waals surface area contributed by atoms with Gasteiger partial charge in [0.05, 0.1) is 7.11 Å². The normalized spacial score (nSPS) is 17.4. The molecule has 1 N–H and O–H groups in total. The third-order valence-corrected chi connectivity index (χ3v) is 5.07. The van der Waals surface area contributed by atoms with Crippen molar-refractivity contribution in [2.45, 2.75) is 40.5 Å². The number of carbonyl (C=O) groups excluding carboxylic acids is 2. The van der Waals surface area contributed by atoms with E-state index in [2.05, 4.69) is 0 Å². The lowest BCUT2D eigenvalue weighted by Crippen LogP contribution is -2.43. The zero-order valence-electron chi connectivity index (χ0n) is 18.4. The molecule has 0 aliphatic heterocycles. The Hall–Kier alpha value is -3.14. The number of methoxy groups -OCH3 is 1. The van der Waals surface area contributed by atoms with E-state index in [9.17, 15) is 14.7 Å². The van der Waals surface area contributed by atoms with Crippen molar-refractivity contribution in [2.75, 3.05) is 7.11 Å². The molecular formula is C26H30O4. The molecule has 0 saturated heterocycles. The van der Waals surface area contributed by atoms with Gasteiger partial charge in [-0.25, -0.2) is 0 Å². The average Bonchev–Trinajstić information content (AvgIpc) is 2.71. The van der Waals surface area contributed by atoms with Gasteiger partial charge in [-0.15, -0.1) is 0 Å². The van der Waals surface area contributed by atoms with Crippen molar-refractivity contribution in [1.29, 1.82) is 0 Å². The Balaban J connectivity index is 2.61. The summed E-state index contributed by atoms with van der Waals surface area (Å²) in [5, 5.41) is 10.8. The van der Waals surface area contributed by atoms with E-state index in [0.717, 1.165) is 16.7 Å². The molecule has 0 spiro atoms. The second kappa shape index (κ2) is 10.1. The van der Waals surface area contributed by atoms with Crippen LogP contribution in [0.4, 0.5) is 0 Å². The largest absolute Gasteiger partial charge is 0.507 e. The molecule has 4 nitrogen and oxygen atoms in total. The van der Waals surface area contributed by atoms with E-state index in [0.29, 0.717) is 0 Å². The molecule has 0 aromatic heterocycles. The van der Waals surface area contributed by atoms with Crippen LogP contribution in [-0.2, 0) is 14.3 Å². The molecule has 0 atom stereocenters. The molecular weight excluding hydrogens is 376 g/mol. The third kappa shape index (κ3) is 5.26. The van der Waals surface area contributed by atoms with E-state index in [1.54, 1.807) is 6.08 Å². The smallest absolute Gasteiger partial charge is 0.184 e. The number of rotatable bonds is 7. The molecule has 0 heterocycles. The van der Waals surface area contributed by atoms with Crippen LogP contribution in [0.3, 0.4) is 0 Å². The fraction of sp³-hybridized carbons (Fsp3) is 0.308.